The van der Waals surface area contributed by atoms with E-state index in [1.165, 1.54) is 4.90 Å². The quantitative estimate of drug-likeness (QED) is 0.455. The first-order valence-electron chi connectivity index (χ1n) is 11.4. The average Bonchev–Trinajstić information content (AvgIpc) is 2.86. The summed E-state index contributed by atoms with van der Waals surface area (Å²) >= 11 is 6.31. The number of anilines is 4. The minimum Gasteiger partial charge on any atom is -0.492 e. The van der Waals surface area contributed by atoms with Gasteiger partial charge in [0, 0.05) is 31.0 Å². The predicted molar refractivity (Wildman–Crippen MR) is 136 cm³/mol. The smallest absolute Gasteiger partial charge is 0.330 e. The van der Waals surface area contributed by atoms with Crippen LogP contribution in [0.2, 0.25) is 5.02 Å². The van der Waals surface area contributed by atoms with E-state index in [1.54, 1.807) is 24.2 Å². The summed E-state index contributed by atoms with van der Waals surface area (Å²) in [5.41, 5.74) is 2.33. The van der Waals surface area contributed by atoms with E-state index in [2.05, 4.69) is 34.0 Å². The lowest BCUT2D eigenvalue weighted by molar-refractivity contribution is 0.223. The van der Waals surface area contributed by atoms with Gasteiger partial charge in [0.2, 0.25) is 5.95 Å². The Bertz CT molecular complexity index is 1140. The van der Waals surface area contributed by atoms with Crippen LogP contribution in [0.5, 0.6) is 5.75 Å². The second-order valence-corrected chi connectivity index (χ2v) is 8.35. The number of para-hydroxylation sites is 1. The number of benzene rings is 2. The lowest BCUT2D eigenvalue weighted by atomic mass is 10.2. The number of urea groups is 1. The van der Waals surface area contributed by atoms with E-state index in [1.807, 2.05) is 42.5 Å². The number of likely N-dealkylation sites (N-methyl/N-ethyl adjacent to an activating group) is 1. The second kappa shape index (κ2) is 10.7. The molecule has 2 aromatic carbocycles. The van der Waals surface area contributed by atoms with Crippen molar-refractivity contribution in [3.05, 3.63) is 65.3 Å². The SMILES string of the molecule is CCN(CC)CCOc1ccc(Nc2ncc3c(n2)N(C)C(=O)N(c2ccccc2Cl)C3)cc1. The van der Waals surface area contributed by atoms with Gasteiger partial charge >= 0.3 is 6.03 Å². The Morgan fingerprint density at radius 3 is 2.56 bits per heavy atom. The topological polar surface area (TPSA) is 73.8 Å². The van der Waals surface area contributed by atoms with Gasteiger partial charge in [-0.3, -0.25) is 9.80 Å². The van der Waals surface area contributed by atoms with Crippen molar-refractivity contribution in [3.63, 3.8) is 0 Å². The molecule has 0 saturated carbocycles. The standard InChI is InChI=1S/C25H29ClN6O2/c1-4-31(5-2)14-15-34-20-12-10-19(11-13-20)28-24-27-16-18-17-32(22-9-7-6-8-21(22)26)25(33)30(3)23(18)29-24/h6-13,16H,4-5,14-15,17H2,1-3H3,(H,27,28,29). The lowest BCUT2D eigenvalue weighted by Crippen LogP contribution is -2.46. The summed E-state index contributed by atoms with van der Waals surface area (Å²) < 4.78 is 5.84. The van der Waals surface area contributed by atoms with E-state index in [-0.39, 0.29) is 6.03 Å². The summed E-state index contributed by atoms with van der Waals surface area (Å²) in [6, 6.07) is 14.8. The molecule has 4 rings (SSSR count). The third-order valence-electron chi connectivity index (χ3n) is 5.83. The van der Waals surface area contributed by atoms with E-state index in [0.717, 1.165) is 36.6 Å². The Labute approximate surface area is 205 Å². The summed E-state index contributed by atoms with van der Waals surface area (Å²) in [7, 11) is 1.70. The Morgan fingerprint density at radius 2 is 1.85 bits per heavy atom. The van der Waals surface area contributed by atoms with Crippen LogP contribution in [0.15, 0.2) is 54.7 Å². The fourth-order valence-corrected chi connectivity index (χ4v) is 4.06. The highest BCUT2D eigenvalue weighted by Crippen LogP contribution is 2.33. The summed E-state index contributed by atoms with van der Waals surface area (Å²) in [4.78, 5) is 27.5. The number of nitrogens with one attached hydrogen (secondary N) is 1. The van der Waals surface area contributed by atoms with Gasteiger partial charge < -0.3 is 15.0 Å². The fourth-order valence-electron chi connectivity index (χ4n) is 3.82. The zero-order valence-electron chi connectivity index (χ0n) is 19.7. The minimum atomic E-state index is -0.198. The normalized spacial score (nSPS) is 13.3. The van der Waals surface area contributed by atoms with Crippen LogP contribution in [0.1, 0.15) is 19.4 Å². The molecule has 2 heterocycles. The highest BCUT2D eigenvalue weighted by atomic mass is 35.5. The number of carbonyl (C=O) groups excluding carboxylic acids is 1. The molecule has 0 unspecified atom stereocenters. The molecule has 0 aliphatic carbocycles. The number of fused-ring (bicyclic) bond motifs is 1. The van der Waals surface area contributed by atoms with Crippen LogP contribution in [0.25, 0.3) is 0 Å². The Kier molecular flexibility index (Phi) is 7.49. The van der Waals surface area contributed by atoms with Gasteiger partial charge in [-0.15, -0.1) is 0 Å². The van der Waals surface area contributed by atoms with E-state index in [9.17, 15) is 4.79 Å². The lowest BCUT2D eigenvalue weighted by Gasteiger charge is -2.34. The molecule has 3 aromatic rings. The number of carbonyl (C=O) groups is 1. The first-order valence-corrected chi connectivity index (χ1v) is 11.8. The van der Waals surface area contributed by atoms with Crippen LogP contribution in [0.4, 0.5) is 27.9 Å². The maximum Gasteiger partial charge on any atom is 0.330 e. The van der Waals surface area contributed by atoms with Crippen LogP contribution in [0, 0.1) is 0 Å². The van der Waals surface area contributed by atoms with Crippen molar-refractivity contribution in [3.8, 4) is 5.75 Å². The van der Waals surface area contributed by atoms with Crippen LogP contribution < -0.4 is 19.9 Å². The summed E-state index contributed by atoms with van der Waals surface area (Å²) in [6.07, 6.45) is 1.74. The minimum absolute atomic E-state index is 0.198. The highest BCUT2D eigenvalue weighted by Gasteiger charge is 2.31. The Morgan fingerprint density at radius 1 is 1.12 bits per heavy atom. The Hall–Kier alpha value is -3.36. The molecule has 2 amide bonds. The molecular weight excluding hydrogens is 452 g/mol. The van der Waals surface area contributed by atoms with Crippen LogP contribution in [0.3, 0.4) is 0 Å². The van der Waals surface area contributed by atoms with E-state index in [0.29, 0.717) is 35.6 Å². The van der Waals surface area contributed by atoms with E-state index in [4.69, 9.17) is 16.3 Å². The molecule has 8 nitrogen and oxygen atoms in total. The third kappa shape index (κ3) is 5.24. The number of aromatic nitrogens is 2. The maximum atomic E-state index is 13.0. The van der Waals surface area contributed by atoms with Gasteiger partial charge in [0.15, 0.2) is 0 Å². The van der Waals surface area contributed by atoms with Crippen molar-refractivity contribution >= 4 is 40.8 Å². The predicted octanol–water partition coefficient (Wildman–Crippen LogP) is 5.17. The molecule has 34 heavy (non-hydrogen) atoms. The average molecular weight is 481 g/mol. The van der Waals surface area contributed by atoms with E-state index >= 15 is 0 Å². The molecule has 0 bridgehead atoms. The molecule has 0 atom stereocenters. The van der Waals surface area contributed by atoms with Crippen molar-refractivity contribution in [2.75, 3.05) is 48.4 Å². The van der Waals surface area contributed by atoms with Gasteiger partial charge in [0.05, 0.1) is 17.3 Å². The maximum absolute atomic E-state index is 13.0. The van der Waals surface area contributed by atoms with E-state index < -0.39 is 0 Å². The fraction of sp³-hybridized carbons (Fsp3) is 0.320. The van der Waals surface area contributed by atoms with Gasteiger partial charge in [-0.25, -0.2) is 9.78 Å². The van der Waals surface area contributed by atoms with Crippen LogP contribution in [-0.4, -0.2) is 54.2 Å². The molecule has 9 heteroatoms. The zero-order valence-corrected chi connectivity index (χ0v) is 20.4. The first-order chi connectivity index (χ1) is 16.5. The summed E-state index contributed by atoms with van der Waals surface area (Å²) in [5.74, 6) is 1.80. The number of hydrogen-bond donors (Lipinski definition) is 1. The number of ether oxygens (including phenoxy) is 1. The van der Waals surface area contributed by atoms with Gasteiger partial charge in [-0.05, 0) is 49.5 Å². The van der Waals surface area contributed by atoms with Crippen molar-refractivity contribution in [1.82, 2.24) is 14.9 Å². The van der Waals surface area contributed by atoms with Crippen molar-refractivity contribution in [2.45, 2.75) is 20.4 Å². The van der Waals surface area contributed by atoms with Gasteiger partial charge in [-0.1, -0.05) is 37.6 Å². The molecule has 1 N–H and O–H groups in total. The van der Waals surface area contributed by atoms with Crippen LogP contribution >= 0.6 is 11.6 Å². The molecule has 1 aliphatic rings. The van der Waals surface area contributed by atoms with Crippen molar-refractivity contribution in [1.29, 1.82) is 0 Å². The van der Waals surface area contributed by atoms with Crippen LogP contribution in [-0.2, 0) is 6.54 Å². The Balaban J connectivity index is 1.43. The molecule has 1 aliphatic heterocycles. The molecule has 0 radical (unpaired) electrons. The third-order valence-corrected chi connectivity index (χ3v) is 6.15. The molecule has 0 spiro atoms. The number of halogens is 1. The summed E-state index contributed by atoms with van der Waals surface area (Å²) in [5, 5.41) is 3.72. The zero-order chi connectivity index (χ0) is 24.1. The largest absolute Gasteiger partial charge is 0.492 e. The van der Waals surface area contributed by atoms with Crippen molar-refractivity contribution in [2.24, 2.45) is 0 Å². The first kappa shape index (κ1) is 23.8. The number of nitrogens with zero attached hydrogens (tertiary/aromatic N) is 5. The number of hydrogen-bond acceptors (Lipinski definition) is 6. The summed E-state index contributed by atoms with van der Waals surface area (Å²) in [6.45, 7) is 8.22. The highest BCUT2D eigenvalue weighted by molar-refractivity contribution is 6.34. The molecule has 0 saturated heterocycles. The molecular formula is C25H29ClN6O2. The second-order valence-electron chi connectivity index (χ2n) is 7.95. The van der Waals surface area contributed by atoms with Crippen molar-refractivity contribution < 1.29 is 9.53 Å². The van der Waals surface area contributed by atoms with Gasteiger partial charge in [0.25, 0.3) is 0 Å². The molecule has 0 fully saturated rings. The number of amides is 2. The van der Waals surface area contributed by atoms with Gasteiger partial charge in [-0.2, -0.15) is 4.98 Å². The number of rotatable bonds is 9. The monoisotopic (exact) mass is 480 g/mol. The van der Waals surface area contributed by atoms with Gasteiger partial charge in [0.1, 0.15) is 18.2 Å². The molecule has 1 aromatic heterocycles. The molecule has 178 valence electrons.